The third kappa shape index (κ3) is 3.42. The van der Waals surface area contributed by atoms with Crippen LogP contribution in [0.5, 0.6) is 5.75 Å². The first-order chi connectivity index (χ1) is 10.1. The molecule has 0 saturated heterocycles. The minimum atomic E-state index is -0.262. The monoisotopic (exact) mass is 287 g/mol. The van der Waals surface area contributed by atoms with Gasteiger partial charge >= 0.3 is 0 Å². The van der Waals surface area contributed by atoms with Crippen LogP contribution in [-0.4, -0.2) is 14.2 Å². The third-order valence-electron chi connectivity index (χ3n) is 3.74. The van der Waals surface area contributed by atoms with Crippen molar-refractivity contribution in [1.29, 1.82) is 0 Å². The second kappa shape index (κ2) is 6.72. The van der Waals surface area contributed by atoms with Crippen molar-refractivity contribution in [3.05, 3.63) is 65.0 Å². The molecule has 0 bridgehead atoms. The molecular formula is C18H22FNO. The van der Waals surface area contributed by atoms with E-state index < -0.39 is 0 Å². The number of nitrogens with one attached hydrogen (secondary N) is 1. The molecule has 0 aromatic heterocycles. The molecule has 21 heavy (non-hydrogen) atoms. The summed E-state index contributed by atoms with van der Waals surface area (Å²) in [5.41, 5.74) is 2.95. The van der Waals surface area contributed by atoms with Crippen LogP contribution in [0.2, 0.25) is 0 Å². The standard InChI is InChI=1S/C18H22FNO/c1-12(2)13-5-7-14(8-6-13)18(20-3)16-10-9-15(21-4)11-17(16)19/h5-12,18,20H,1-4H3. The number of benzene rings is 2. The largest absolute Gasteiger partial charge is 0.497 e. The first-order valence-electron chi connectivity index (χ1n) is 7.17. The Kier molecular flexibility index (Phi) is 4.97. The Labute approximate surface area is 126 Å². The molecule has 2 rings (SSSR count). The van der Waals surface area contributed by atoms with Gasteiger partial charge in [0.05, 0.1) is 13.2 Å². The van der Waals surface area contributed by atoms with E-state index in [1.54, 1.807) is 12.1 Å². The first-order valence-corrected chi connectivity index (χ1v) is 7.17. The molecule has 112 valence electrons. The Balaban J connectivity index is 2.35. The molecule has 3 heteroatoms. The van der Waals surface area contributed by atoms with Crippen molar-refractivity contribution in [3.8, 4) is 5.75 Å². The highest BCUT2D eigenvalue weighted by molar-refractivity contribution is 5.38. The summed E-state index contributed by atoms with van der Waals surface area (Å²) in [5.74, 6) is 0.757. The Morgan fingerprint density at radius 1 is 1.00 bits per heavy atom. The Hall–Kier alpha value is -1.87. The molecule has 0 amide bonds. The van der Waals surface area contributed by atoms with Crippen molar-refractivity contribution in [2.45, 2.75) is 25.8 Å². The number of hydrogen-bond donors (Lipinski definition) is 1. The molecule has 0 aliphatic rings. The van der Waals surface area contributed by atoms with Gasteiger partial charge in [-0.2, -0.15) is 0 Å². The van der Waals surface area contributed by atoms with Crippen LogP contribution in [0.3, 0.4) is 0 Å². The van der Waals surface area contributed by atoms with Crippen LogP contribution in [0.4, 0.5) is 4.39 Å². The fraction of sp³-hybridized carbons (Fsp3) is 0.333. The minimum absolute atomic E-state index is 0.169. The second-order valence-electron chi connectivity index (χ2n) is 5.43. The van der Waals surface area contributed by atoms with Gasteiger partial charge in [-0.1, -0.05) is 44.2 Å². The van der Waals surface area contributed by atoms with E-state index in [0.717, 1.165) is 5.56 Å². The normalized spacial score (nSPS) is 12.5. The molecule has 0 saturated carbocycles. The summed E-state index contributed by atoms with van der Waals surface area (Å²) >= 11 is 0. The van der Waals surface area contributed by atoms with Crippen molar-refractivity contribution in [2.24, 2.45) is 0 Å². The van der Waals surface area contributed by atoms with Crippen LogP contribution in [0.15, 0.2) is 42.5 Å². The van der Waals surface area contributed by atoms with Crippen LogP contribution in [0, 0.1) is 5.82 Å². The molecule has 0 heterocycles. The summed E-state index contributed by atoms with van der Waals surface area (Å²) in [6, 6.07) is 13.1. The molecule has 2 nitrogen and oxygen atoms in total. The molecule has 2 aromatic rings. The molecular weight excluding hydrogens is 265 g/mol. The Bertz CT molecular complexity index is 593. The first kappa shape index (κ1) is 15.5. The maximum Gasteiger partial charge on any atom is 0.132 e. The van der Waals surface area contributed by atoms with Gasteiger partial charge in [0.15, 0.2) is 0 Å². The zero-order valence-corrected chi connectivity index (χ0v) is 13.0. The van der Waals surface area contributed by atoms with Gasteiger partial charge in [0.2, 0.25) is 0 Å². The van der Waals surface area contributed by atoms with Gasteiger partial charge in [-0.05, 0) is 30.2 Å². The number of methoxy groups -OCH3 is 1. The smallest absolute Gasteiger partial charge is 0.132 e. The molecule has 0 radical (unpaired) electrons. The predicted molar refractivity (Wildman–Crippen MR) is 84.4 cm³/mol. The zero-order valence-electron chi connectivity index (χ0n) is 13.0. The molecule has 0 spiro atoms. The lowest BCUT2D eigenvalue weighted by Gasteiger charge is -2.19. The van der Waals surface area contributed by atoms with Crippen LogP contribution in [0.25, 0.3) is 0 Å². The fourth-order valence-electron chi connectivity index (χ4n) is 2.44. The van der Waals surface area contributed by atoms with E-state index in [2.05, 4.69) is 43.4 Å². The predicted octanol–water partition coefficient (Wildman–Crippen LogP) is 4.27. The van der Waals surface area contributed by atoms with E-state index in [9.17, 15) is 4.39 Å². The molecule has 0 aliphatic carbocycles. The maximum atomic E-state index is 14.2. The third-order valence-corrected chi connectivity index (χ3v) is 3.74. The molecule has 2 aromatic carbocycles. The van der Waals surface area contributed by atoms with Crippen LogP contribution in [0.1, 0.15) is 42.5 Å². The van der Waals surface area contributed by atoms with Crippen molar-refractivity contribution < 1.29 is 9.13 Å². The summed E-state index contributed by atoms with van der Waals surface area (Å²) in [6.45, 7) is 4.32. The maximum absolute atomic E-state index is 14.2. The molecule has 0 fully saturated rings. The summed E-state index contributed by atoms with van der Waals surface area (Å²) in [4.78, 5) is 0. The van der Waals surface area contributed by atoms with Gasteiger partial charge in [-0.25, -0.2) is 4.39 Å². The Morgan fingerprint density at radius 3 is 2.10 bits per heavy atom. The average Bonchev–Trinajstić information content (AvgIpc) is 2.50. The van der Waals surface area contributed by atoms with Gasteiger partial charge in [-0.3, -0.25) is 0 Å². The van der Waals surface area contributed by atoms with Crippen LogP contribution in [-0.2, 0) is 0 Å². The van der Waals surface area contributed by atoms with Gasteiger partial charge in [0.25, 0.3) is 0 Å². The van der Waals surface area contributed by atoms with Crippen molar-refractivity contribution in [3.63, 3.8) is 0 Å². The van der Waals surface area contributed by atoms with E-state index in [0.29, 0.717) is 17.2 Å². The number of hydrogen-bond acceptors (Lipinski definition) is 2. The molecule has 0 aliphatic heterocycles. The number of ether oxygens (including phenoxy) is 1. The lowest BCUT2D eigenvalue weighted by Crippen LogP contribution is -2.19. The van der Waals surface area contributed by atoms with E-state index >= 15 is 0 Å². The van der Waals surface area contributed by atoms with Crippen molar-refractivity contribution in [2.75, 3.05) is 14.2 Å². The summed E-state index contributed by atoms with van der Waals surface area (Å²) < 4.78 is 19.3. The topological polar surface area (TPSA) is 21.3 Å². The highest BCUT2D eigenvalue weighted by atomic mass is 19.1. The lowest BCUT2D eigenvalue weighted by molar-refractivity contribution is 0.410. The summed E-state index contributed by atoms with van der Waals surface area (Å²) in [7, 11) is 3.37. The summed E-state index contributed by atoms with van der Waals surface area (Å²) in [5, 5.41) is 3.18. The quantitative estimate of drug-likeness (QED) is 0.887. The van der Waals surface area contributed by atoms with Gasteiger partial charge in [0.1, 0.15) is 11.6 Å². The molecule has 1 atom stereocenters. The van der Waals surface area contributed by atoms with E-state index in [1.807, 2.05) is 7.05 Å². The average molecular weight is 287 g/mol. The van der Waals surface area contributed by atoms with E-state index in [1.165, 1.54) is 18.7 Å². The molecule has 1 N–H and O–H groups in total. The van der Waals surface area contributed by atoms with E-state index in [4.69, 9.17) is 4.74 Å². The molecule has 1 unspecified atom stereocenters. The lowest BCUT2D eigenvalue weighted by atomic mass is 9.95. The van der Waals surface area contributed by atoms with Crippen LogP contribution >= 0.6 is 0 Å². The van der Waals surface area contributed by atoms with Crippen molar-refractivity contribution in [1.82, 2.24) is 5.32 Å². The SMILES string of the molecule is CNC(c1ccc(C(C)C)cc1)c1ccc(OC)cc1F. The van der Waals surface area contributed by atoms with Crippen LogP contribution < -0.4 is 10.1 Å². The van der Waals surface area contributed by atoms with Gasteiger partial charge < -0.3 is 10.1 Å². The number of halogens is 1. The Morgan fingerprint density at radius 2 is 1.62 bits per heavy atom. The van der Waals surface area contributed by atoms with E-state index in [-0.39, 0.29) is 11.9 Å². The summed E-state index contributed by atoms with van der Waals surface area (Å²) in [6.07, 6.45) is 0. The van der Waals surface area contributed by atoms with Crippen molar-refractivity contribution >= 4 is 0 Å². The highest BCUT2D eigenvalue weighted by Gasteiger charge is 2.17. The zero-order chi connectivity index (χ0) is 15.4. The second-order valence-corrected chi connectivity index (χ2v) is 5.43. The fourth-order valence-corrected chi connectivity index (χ4v) is 2.44. The van der Waals surface area contributed by atoms with Gasteiger partial charge in [-0.15, -0.1) is 0 Å². The van der Waals surface area contributed by atoms with Gasteiger partial charge in [0, 0.05) is 11.6 Å². The minimum Gasteiger partial charge on any atom is -0.497 e. The highest BCUT2D eigenvalue weighted by Crippen LogP contribution is 2.28. The number of rotatable bonds is 5.